The highest BCUT2D eigenvalue weighted by molar-refractivity contribution is 5.96. The van der Waals surface area contributed by atoms with Gasteiger partial charge in [-0.2, -0.15) is 5.10 Å². The van der Waals surface area contributed by atoms with Crippen molar-refractivity contribution in [1.29, 1.82) is 0 Å². The lowest BCUT2D eigenvalue weighted by molar-refractivity contribution is -0.141. The van der Waals surface area contributed by atoms with Crippen molar-refractivity contribution in [3.63, 3.8) is 0 Å². The Kier molecular flexibility index (Phi) is 2.84. The van der Waals surface area contributed by atoms with E-state index < -0.39 is 24.0 Å². The zero-order chi connectivity index (χ0) is 12.6. The van der Waals surface area contributed by atoms with Crippen molar-refractivity contribution in [1.82, 2.24) is 14.7 Å². The first-order valence-electron chi connectivity index (χ1n) is 5.19. The van der Waals surface area contributed by atoms with E-state index in [-0.39, 0.29) is 13.0 Å². The molecule has 0 radical (unpaired) electrons. The average Bonchev–Trinajstić information content (AvgIpc) is 2.83. The molecule has 1 amide bonds. The number of aryl methyl sites for hydroxylation is 1. The van der Waals surface area contributed by atoms with Gasteiger partial charge >= 0.3 is 5.97 Å². The van der Waals surface area contributed by atoms with Gasteiger partial charge in [0, 0.05) is 26.2 Å². The molecule has 1 aromatic rings. The molecule has 0 aromatic carbocycles. The van der Waals surface area contributed by atoms with Crippen LogP contribution in [-0.2, 0) is 11.8 Å². The number of carboxylic acids is 1. The average molecular weight is 239 g/mol. The van der Waals surface area contributed by atoms with Gasteiger partial charge in [-0.05, 0) is 0 Å². The lowest BCUT2D eigenvalue weighted by atomic mass is 10.2. The minimum atomic E-state index is -1.10. The molecule has 1 aliphatic rings. The van der Waals surface area contributed by atoms with Crippen LogP contribution in [0, 0.1) is 0 Å². The molecule has 2 heterocycles. The summed E-state index contributed by atoms with van der Waals surface area (Å²) in [6.07, 6.45) is 2.19. The monoisotopic (exact) mass is 239 g/mol. The van der Waals surface area contributed by atoms with Gasteiger partial charge in [0.25, 0.3) is 5.91 Å². The summed E-state index contributed by atoms with van der Waals surface area (Å²) >= 11 is 0. The SMILES string of the molecule is Cn1cc(C(=O)N2CC(O)C[C@H]2C(=O)O)cn1. The first-order chi connectivity index (χ1) is 7.99. The number of aliphatic hydroxyl groups excluding tert-OH is 1. The largest absolute Gasteiger partial charge is 0.480 e. The molecular formula is C10H13N3O4. The van der Waals surface area contributed by atoms with Crippen LogP contribution in [0.1, 0.15) is 16.8 Å². The number of nitrogens with zero attached hydrogens (tertiary/aromatic N) is 3. The van der Waals surface area contributed by atoms with E-state index in [4.69, 9.17) is 5.11 Å². The molecule has 0 saturated carbocycles. The summed E-state index contributed by atoms with van der Waals surface area (Å²) in [4.78, 5) is 24.2. The predicted octanol–water partition coefficient (Wildman–Crippen LogP) is -0.920. The Labute approximate surface area is 97.3 Å². The van der Waals surface area contributed by atoms with E-state index in [1.54, 1.807) is 7.05 Å². The third kappa shape index (κ3) is 2.14. The van der Waals surface area contributed by atoms with Gasteiger partial charge in [0.05, 0.1) is 17.9 Å². The summed E-state index contributed by atoms with van der Waals surface area (Å²) in [5.74, 6) is -1.51. The van der Waals surface area contributed by atoms with Crippen LogP contribution in [0.25, 0.3) is 0 Å². The van der Waals surface area contributed by atoms with E-state index in [1.165, 1.54) is 22.0 Å². The maximum atomic E-state index is 12.0. The molecule has 2 rings (SSSR count). The summed E-state index contributed by atoms with van der Waals surface area (Å²) in [6, 6.07) is -0.960. The molecule has 7 heteroatoms. The van der Waals surface area contributed by atoms with Gasteiger partial charge in [-0.1, -0.05) is 0 Å². The number of aromatic nitrogens is 2. The van der Waals surface area contributed by atoms with Gasteiger partial charge in [-0.15, -0.1) is 0 Å². The molecule has 0 spiro atoms. The highest BCUT2D eigenvalue weighted by atomic mass is 16.4. The van der Waals surface area contributed by atoms with E-state index in [0.29, 0.717) is 5.56 Å². The highest BCUT2D eigenvalue weighted by Gasteiger charge is 2.39. The number of aliphatic carboxylic acids is 1. The zero-order valence-corrected chi connectivity index (χ0v) is 9.28. The summed E-state index contributed by atoms with van der Waals surface area (Å²) in [5, 5.41) is 22.3. The number of aliphatic hydroxyl groups is 1. The fraction of sp³-hybridized carbons (Fsp3) is 0.500. The Hall–Kier alpha value is -1.89. The van der Waals surface area contributed by atoms with Gasteiger partial charge < -0.3 is 15.1 Å². The number of carboxylic acid groups (broad SMARTS) is 1. The van der Waals surface area contributed by atoms with Crippen LogP contribution in [0.2, 0.25) is 0 Å². The fourth-order valence-corrected chi connectivity index (χ4v) is 1.97. The standard InChI is InChI=1S/C10H13N3O4/c1-12-4-6(3-11-12)9(15)13-5-7(14)2-8(13)10(16)17/h3-4,7-8,14H,2,5H2,1H3,(H,16,17)/t7?,8-/m0/s1. The Morgan fingerprint density at radius 1 is 1.53 bits per heavy atom. The second-order valence-electron chi connectivity index (χ2n) is 4.10. The van der Waals surface area contributed by atoms with E-state index in [0.717, 1.165) is 0 Å². The molecule has 92 valence electrons. The number of carbonyl (C=O) groups excluding carboxylic acids is 1. The number of likely N-dealkylation sites (tertiary alicyclic amines) is 1. The van der Waals surface area contributed by atoms with Crippen molar-refractivity contribution in [2.45, 2.75) is 18.6 Å². The maximum absolute atomic E-state index is 12.0. The van der Waals surface area contributed by atoms with Gasteiger partial charge in [0.2, 0.25) is 0 Å². The molecule has 2 atom stereocenters. The number of hydrogen-bond donors (Lipinski definition) is 2. The Morgan fingerprint density at radius 2 is 2.24 bits per heavy atom. The van der Waals surface area contributed by atoms with Crippen molar-refractivity contribution in [2.24, 2.45) is 7.05 Å². The number of hydrogen-bond acceptors (Lipinski definition) is 4. The number of amides is 1. The fourth-order valence-electron chi connectivity index (χ4n) is 1.97. The second kappa shape index (κ2) is 4.17. The molecule has 1 fully saturated rings. The molecule has 1 unspecified atom stereocenters. The quantitative estimate of drug-likeness (QED) is 0.696. The van der Waals surface area contributed by atoms with Crippen LogP contribution in [0.3, 0.4) is 0 Å². The third-order valence-electron chi connectivity index (χ3n) is 2.78. The molecule has 2 N–H and O–H groups in total. The minimum absolute atomic E-state index is 0.0463. The predicted molar refractivity (Wildman–Crippen MR) is 56.3 cm³/mol. The van der Waals surface area contributed by atoms with Crippen molar-refractivity contribution in [3.05, 3.63) is 18.0 Å². The second-order valence-corrected chi connectivity index (χ2v) is 4.10. The van der Waals surface area contributed by atoms with Crippen LogP contribution < -0.4 is 0 Å². The first kappa shape index (κ1) is 11.6. The summed E-state index contributed by atoms with van der Waals surface area (Å²) in [6.45, 7) is 0.0463. The Balaban J connectivity index is 2.21. The molecular weight excluding hydrogens is 226 g/mol. The maximum Gasteiger partial charge on any atom is 0.326 e. The summed E-state index contributed by atoms with van der Waals surface area (Å²) in [5.41, 5.74) is 0.327. The van der Waals surface area contributed by atoms with Crippen molar-refractivity contribution >= 4 is 11.9 Å². The Bertz CT molecular complexity index is 456. The van der Waals surface area contributed by atoms with E-state index in [9.17, 15) is 14.7 Å². The third-order valence-corrected chi connectivity index (χ3v) is 2.78. The smallest absolute Gasteiger partial charge is 0.326 e. The molecule has 0 bridgehead atoms. The normalized spacial score (nSPS) is 24.0. The van der Waals surface area contributed by atoms with Gasteiger partial charge in [-0.25, -0.2) is 4.79 Å². The van der Waals surface area contributed by atoms with Crippen LogP contribution in [0.5, 0.6) is 0 Å². The zero-order valence-electron chi connectivity index (χ0n) is 9.28. The highest BCUT2D eigenvalue weighted by Crippen LogP contribution is 2.20. The lowest BCUT2D eigenvalue weighted by Crippen LogP contribution is -2.40. The van der Waals surface area contributed by atoms with Crippen molar-refractivity contribution < 1.29 is 19.8 Å². The van der Waals surface area contributed by atoms with Gasteiger partial charge in [0.1, 0.15) is 6.04 Å². The first-order valence-corrected chi connectivity index (χ1v) is 5.19. The number of rotatable bonds is 2. The van der Waals surface area contributed by atoms with E-state index in [1.807, 2.05) is 0 Å². The number of carbonyl (C=O) groups is 2. The molecule has 17 heavy (non-hydrogen) atoms. The van der Waals surface area contributed by atoms with Crippen LogP contribution >= 0.6 is 0 Å². The van der Waals surface area contributed by atoms with Gasteiger partial charge in [-0.3, -0.25) is 9.48 Å². The molecule has 1 saturated heterocycles. The minimum Gasteiger partial charge on any atom is -0.480 e. The summed E-state index contributed by atoms with van der Waals surface area (Å²) < 4.78 is 1.47. The molecule has 0 aliphatic carbocycles. The van der Waals surface area contributed by atoms with Crippen LogP contribution in [-0.4, -0.2) is 55.5 Å². The summed E-state index contributed by atoms with van der Waals surface area (Å²) in [7, 11) is 1.67. The van der Waals surface area contributed by atoms with Gasteiger partial charge in [0.15, 0.2) is 0 Å². The van der Waals surface area contributed by atoms with Crippen molar-refractivity contribution in [3.8, 4) is 0 Å². The van der Waals surface area contributed by atoms with E-state index >= 15 is 0 Å². The van der Waals surface area contributed by atoms with Crippen molar-refractivity contribution in [2.75, 3.05) is 6.54 Å². The molecule has 7 nitrogen and oxygen atoms in total. The van der Waals surface area contributed by atoms with Crippen LogP contribution in [0.4, 0.5) is 0 Å². The molecule has 1 aromatic heterocycles. The Morgan fingerprint density at radius 3 is 2.76 bits per heavy atom. The molecule has 1 aliphatic heterocycles. The number of β-amino-alcohol motifs (C(OH)–C–C–N with tert-alkyl or cyclic N) is 1. The lowest BCUT2D eigenvalue weighted by Gasteiger charge is -2.20. The topological polar surface area (TPSA) is 95.7 Å². The van der Waals surface area contributed by atoms with E-state index in [2.05, 4.69) is 5.10 Å². The van der Waals surface area contributed by atoms with Crippen LogP contribution in [0.15, 0.2) is 12.4 Å².